The fourth-order valence-electron chi connectivity index (χ4n) is 1.84. The predicted molar refractivity (Wildman–Crippen MR) is 75.4 cm³/mol. The molecule has 5 heteroatoms. The van der Waals surface area contributed by atoms with Crippen LogP contribution in [0, 0.1) is 6.92 Å². The molecule has 0 aliphatic rings. The van der Waals surface area contributed by atoms with E-state index in [4.69, 9.17) is 22.1 Å². The summed E-state index contributed by atoms with van der Waals surface area (Å²) >= 11 is 6.01. The molecular weight excluding hydrogens is 262 g/mol. The van der Waals surface area contributed by atoms with Crippen molar-refractivity contribution < 1.29 is 4.74 Å². The molecule has 0 radical (unpaired) electrons. The highest BCUT2D eigenvalue weighted by Crippen LogP contribution is 2.22. The van der Waals surface area contributed by atoms with E-state index in [9.17, 15) is 0 Å². The topological polar surface area (TPSA) is 61.0 Å². The summed E-state index contributed by atoms with van der Waals surface area (Å²) in [5, 5.41) is 0.750. The molecule has 1 heterocycles. The van der Waals surface area contributed by atoms with Gasteiger partial charge in [-0.2, -0.15) is 0 Å². The highest BCUT2D eigenvalue weighted by Gasteiger charge is 2.10. The van der Waals surface area contributed by atoms with Gasteiger partial charge in [0.05, 0.1) is 7.11 Å². The number of benzene rings is 1. The molecule has 0 amide bonds. The Bertz CT molecular complexity index is 574. The SMILES string of the molecule is COc1cc(CC(N)c2ccc(Cl)c(C)c2)ncn1. The molecule has 1 atom stereocenters. The molecule has 19 heavy (non-hydrogen) atoms. The lowest BCUT2D eigenvalue weighted by atomic mass is 10.0. The Kier molecular flexibility index (Phi) is 4.35. The Hall–Kier alpha value is -1.65. The van der Waals surface area contributed by atoms with Crippen LogP contribution >= 0.6 is 11.6 Å². The van der Waals surface area contributed by atoms with Crippen molar-refractivity contribution >= 4 is 11.6 Å². The number of hydrogen-bond donors (Lipinski definition) is 1. The molecule has 0 aliphatic heterocycles. The molecule has 0 saturated carbocycles. The summed E-state index contributed by atoms with van der Waals surface area (Å²) in [6.07, 6.45) is 2.11. The molecule has 0 bridgehead atoms. The van der Waals surface area contributed by atoms with Gasteiger partial charge in [0.15, 0.2) is 0 Å². The minimum absolute atomic E-state index is 0.129. The second-order valence-corrected chi connectivity index (χ2v) is 4.78. The normalized spacial score (nSPS) is 12.2. The maximum Gasteiger partial charge on any atom is 0.216 e. The smallest absolute Gasteiger partial charge is 0.216 e. The summed E-state index contributed by atoms with van der Waals surface area (Å²) in [6.45, 7) is 1.96. The Labute approximate surface area is 117 Å². The first kappa shape index (κ1) is 13.8. The molecule has 4 nitrogen and oxygen atoms in total. The van der Waals surface area contributed by atoms with Crippen LogP contribution in [0.2, 0.25) is 5.02 Å². The second kappa shape index (κ2) is 5.99. The number of ether oxygens (including phenoxy) is 1. The molecule has 2 aromatic rings. The van der Waals surface area contributed by atoms with E-state index >= 15 is 0 Å². The molecule has 1 aromatic carbocycles. The monoisotopic (exact) mass is 277 g/mol. The van der Waals surface area contributed by atoms with Gasteiger partial charge in [-0.3, -0.25) is 0 Å². The predicted octanol–water partition coefficient (Wildman–Crippen LogP) is 2.69. The summed E-state index contributed by atoms with van der Waals surface area (Å²) in [7, 11) is 1.58. The molecule has 2 rings (SSSR count). The van der Waals surface area contributed by atoms with Gasteiger partial charge in [0.25, 0.3) is 0 Å². The van der Waals surface area contributed by atoms with E-state index in [0.29, 0.717) is 12.3 Å². The van der Waals surface area contributed by atoms with E-state index in [2.05, 4.69) is 9.97 Å². The first-order valence-electron chi connectivity index (χ1n) is 5.96. The lowest BCUT2D eigenvalue weighted by molar-refractivity contribution is 0.395. The third kappa shape index (κ3) is 3.43. The van der Waals surface area contributed by atoms with Gasteiger partial charge in [0, 0.05) is 29.2 Å². The quantitative estimate of drug-likeness (QED) is 0.933. The van der Waals surface area contributed by atoms with E-state index in [0.717, 1.165) is 21.8 Å². The Morgan fingerprint density at radius 3 is 2.79 bits per heavy atom. The van der Waals surface area contributed by atoms with Crippen LogP contribution in [0.1, 0.15) is 22.9 Å². The average molecular weight is 278 g/mol. The van der Waals surface area contributed by atoms with E-state index in [1.807, 2.05) is 25.1 Å². The second-order valence-electron chi connectivity index (χ2n) is 4.37. The van der Waals surface area contributed by atoms with Crippen LogP contribution < -0.4 is 10.5 Å². The maximum atomic E-state index is 6.19. The van der Waals surface area contributed by atoms with Gasteiger partial charge in [-0.1, -0.05) is 23.7 Å². The van der Waals surface area contributed by atoms with Crippen LogP contribution in [-0.4, -0.2) is 17.1 Å². The van der Waals surface area contributed by atoms with Gasteiger partial charge < -0.3 is 10.5 Å². The highest BCUT2D eigenvalue weighted by molar-refractivity contribution is 6.31. The molecular formula is C14H16ClN3O. The first-order chi connectivity index (χ1) is 9.10. The number of aryl methyl sites for hydroxylation is 1. The zero-order valence-electron chi connectivity index (χ0n) is 10.9. The molecule has 1 aromatic heterocycles. The van der Waals surface area contributed by atoms with Crippen molar-refractivity contribution in [2.75, 3.05) is 7.11 Å². The summed E-state index contributed by atoms with van der Waals surface area (Å²) in [6, 6.07) is 7.48. The standard InChI is InChI=1S/C14H16ClN3O/c1-9-5-10(3-4-12(9)15)13(16)6-11-7-14(19-2)18-8-17-11/h3-5,7-8,13H,6,16H2,1-2H3. The van der Waals surface area contributed by atoms with Crippen LogP contribution in [0.5, 0.6) is 5.88 Å². The van der Waals surface area contributed by atoms with Gasteiger partial charge in [-0.15, -0.1) is 0 Å². The summed E-state index contributed by atoms with van der Waals surface area (Å²) in [4.78, 5) is 8.17. The Morgan fingerprint density at radius 1 is 1.32 bits per heavy atom. The number of rotatable bonds is 4. The number of aromatic nitrogens is 2. The minimum atomic E-state index is -0.129. The van der Waals surface area contributed by atoms with Crippen molar-refractivity contribution in [1.82, 2.24) is 9.97 Å². The van der Waals surface area contributed by atoms with Crippen molar-refractivity contribution in [3.05, 3.63) is 52.4 Å². The van der Waals surface area contributed by atoms with Crippen molar-refractivity contribution in [2.24, 2.45) is 5.73 Å². The molecule has 0 aliphatic carbocycles. The molecule has 0 saturated heterocycles. The number of hydrogen-bond acceptors (Lipinski definition) is 4. The minimum Gasteiger partial charge on any atom is -0.481 e. The molecule has 0 spiro atoms. The summed E-state index contributed by atoms with van der Waals surface area (Å²) in [5.74, 6) is 0.546. The van der Waals surface area contributed by atoms with Gasteiger partial charge in [-0.05, 0) is 24.1 Å². The Balaban J connectivity index is 2.15. The van der Waals surface area contributed by atoms with Crippen molar-refractivity contribution in [3.63, 3.8) is 0 Å². The van der Waals surface area contributed by atoms with Crippen LogP contribution in [-0.2, 0) is 6.42 Å². The average Bonchev–Trinajstić information content (AvgIpc) is 2.42. The van der Waals surface area contributed by atoms with Crippen molar-refractivity contribution in [1.29, 1.82) is 0 Å². The third-order valence-electron chi connectivity index (χ3n) is 2.95. The zero-order chi connectivity index (χ0) is 13.8. The first-order valence-corrected chi connectivity index (χ1v) is 6.34. The largest absolute Gasteiger partial charge is 0.481 e. The van der Waals surface area contributed by atoms with Gasteiger partial charge in [0.2, 0.25) is 5.88 Å². The van der Waals surface area contributed by atoms with Gasteiger partial charge in [-0.25, -0.2) is 9.97 Å². The summed E-state index contributed by atoms with van der Waals surface area (Å²) in [5.41, 5.74) is 9.11. The molecule has 1 unspecified atom stereocenters. The van der Waals surface area contributed by atoms with Crippen LogP contribution in [0.3, 0.4) is 0 Å². The maximum absolute atomic E-state index is 6.19. The molecule has 100 valence electrons. The van der Waals surface area contributed by atoms with Crippen molar-refractivity contribution in [3.8, 4) is 5.88 Å². The van der Waals surface area contributed by atoms with Crippen LogP contribution in [0.4, 0.5) is 0 Å². The lowest BCUT2D eigenvalue weighted by Crippen LogP contribution is -2.14. The van der Waals surface area contributed by atoms with Crippen molar-refractivity contribution in [2.45, 2.75) is 19.4 Å². The number of methoxy groups -OCH3 is 1. The summed E-state index contributed by atoms with van der Waals surface area (Å²) < 4.78 is 5.07. The van der Waals surface area contributed by atoms with E-state index in [1.165, 1.54) is 6.33 Å². The third-order valence-corrected chi connectivity index (χ3v) is 3.37. The van der Waals surface area contributed by atoms with Gasteiger partial charge in [0.1, 0.15) is 6.33 Å². The van der Waals surface area contributed by atoms with Crippen LogP contribution in [0.15, 0.2) is 30.6 Å². The number of halogens is 1. The number of nitrogens with zero attached hydrogens (tertiary/aromatic N) is 2. The molecule has 0 fully saturated rings. The van der Waals surface area contributed by atoms with E-state index < -0.39 is 0 Å². The highest BCUT2D eigenvalue weighted by atomic mass is 35.5. The lowest BCUT2D eigenvalue weighted by Gasteiger charge is -2.13. The molecule has 2 N–H and O–H groups in total. The fraction of sp³-hybridized carbons (Fsp3) is 0.286. The fourth-order valence-corrected chi connectivity index (χ4v) is 1.96. The van der Waals surface area contributed by atoms with Gasteiger partial charge >= 0.3 is 0 Å². The number of nitrogens with two attached hydrogens (primary N) is 1. The van der Waals surface area contributed by atoms with Crippen LogP contribution in [0.25, 0.3) is 0 Å². The Morgan fingerprint density at radius 2 is 2.11 bits per heavy atom. The van der Waals surface area contributed by atoms with E-state index in [1.54, 1.807) is 13.2 Å². The van der Waals surface area contributed by atoms with E-state index in [-0.39, 0.29) is 6.04 Å². The zero-order valence-corrected chi connectivity index (χ0v) is 11.7.